The molecule has 0 radical (unpaired) electrons. The van der Waals surface area contributed by atoms with Crippen LogP contribution in [0.1, 0.15) is 23.8 Å². The molecular formula is C25H29ClN4O2. The highest BCUT2D eigenvalue weighted by molar-refractivity contribution is 6.30. The van der Waals surface area contributed by atoms with Gasteiger partial charge in [0.15, 0.2) is 0 Å². The smallest absolute Gasteiger partial charge is 0.267 e. The highest BCUT2D eigenvalue weighted by atomic mass is 35.5. The van der Waals surface area contributed by atoms with Crippen molar-refractivity contribution in [3.05, 3.63) is 59.2 Å². The van der Waals surface area contributed by atoms with Crippen LogP contribution in [0.5, 0.6) is 5.75 Å². The number of carbonyl (C=O) groups excluding carboxylic acids is 1. The molecule has 0 bridgehead atoms. The first-order chi connectivity index (χ1) is 15.6. The predicted octanol–water partition coefficient (Wildman–Crippen LogP) is 4.02. The van der Waals surface area contributed by atoms with Crippen LogP contribution < -0.4 is 15.0 Å². The molecule has 1 amide bonds. The van der Waals surface area contributed by atoms with Crippen molar-refractivity contribution in [2.75, 3.05) is 44.2 Å². The molecule has 0 aliphatic carbocycles. The number of piperazine rings is 1. The number of rotatable bonds is 6. The Labute approximate surface area is 193 Å². The Kier molecular flexibility index (Phi) is 5.98. The van der Waals surface area contributed by atoms with Gasteiger partial charge in [0, 0.05) is 55.4 Å². The van der Waals surface area contributed by atoms with E-state index in [2.05, 4.69) is 32.7 Å². The Bertz CT molecular complexity index is 1120. The van der Waals surface area contributed by atoms with Crippen LogP contribution in [-0.2, 0) is 6.54 Å². The van der Waals surface area contributed by atoms with Crippen LogP contribution >= 0.6 is 11.6 Å². The first-order valence-electron chi connectivity index (χ1n) is 11.4. The molecule has 0 saturated carbocycles. The minimum atomic E-state index is -0.0125. The average molecular weight is 453 g/mol. The molecule has 3 aromatic rings. The van der Waals surface area contributed by atoms with E-state index in [0.29, 0.717) is 13.1 Å². The summed E-state index contributed by atoms with van der Waals surface area (Å²) in [5.41, 5.74) is 2.92. The Hall–Kier alpha value is -2.70. The van der Waals surface area contributed by atoms with Gasteiger partial charge in [-0.1, -0.05) is 36.7 Å². The molecule has 5 rings (SSSR count). The molecule has 1 atom stereocenters. The molecule has 2 aliphatic heterocycles. The SMILES string of the molecule is CC[C@@H]1Cn2c(C(=O)NCCN3CCN(c4cccc(Cl)c4)CC3)cc3cccc(c32)O1. The molecule has 168 valence electrons. The van der Waals surface area contributed by atoms with Crippen LogP contribution in [0, 0.1) is 0 Å². The van der Waals surface area contributed by atoms with Gasteiger partial charge in [-0.3, -0.25) is 9.69 Å². The number of amides is 1. The van der Waals surface area contributed by atoms with Gasteiger partial charge >= 0.3 is 0 Å². The third kappa shape index (κ3) is 4.17. The van der Waals surface area contributed by atoms with Crippen LogP contribution in [0.25, 0.3) is 10.9 Å². The maximum atomic E-state index is 13.0. The molecule has 32 heavy (non-hydrogen) atoms. The highest BCUT2D eigenvalue weighted by Gasteiger charge is 2.26. The van der Waals surface area contributed by atoms with Crippen molar-refractivity contribution in [2.45, 2.75) is 26.0 Å². The Morgan fingerprint density at radius 3 is 2.72 bits per heavy atom. The number of para-hydroxylation sites is 1. The van der Waals surface area contributed by atoms with Crippen molar-refractivity contribution in [1.82, 2.24) is 14.8 Å². The molecule has 1 fully saturated rings. The van der Waals surface area contributed by atoms with Crippen molar-refractivity contribution in [2.24, 2.45) is 0 Å². The van der Waals surface area contributed by atoms with Gasteiger partial charge in [-0.25, -0.2) is 0 Å². The fraction of sp³-hybridized carbons (Fsp3) is 0.400. The maximum Gasteiger partial charge on any atom is 0.267 e. The number of anilines is 1. The van der Waals surface area contributed by atoms with E-state index in [1.54, 1.807) is 0 Å². The lowest BCUT2D eigenvalue weighted by Crippen LogP contribution is -2.48. The van der Waals surface area contributed by atoms with E-state index in [4.69, 9.17) is 16.3 Å². The predicted molar refractivity (Wildman–Crippen MR) is 129 cm³/mol. The summed E-state index contributed by atoms with van der Waals surface area (Å²) >= 11 is 6.13. The molecule has 3 heterocycles. The Morgan fingerprint density at radius 2 is 1.94 bits per heavy atom. The van der Waals surface area contributed by atoms with Gasteiger partial charge in [-0.15, -0.1) is 0 Å². The van der Waals surface area contributed by atoms with E-state index >= 15 is 0 Å². The van der Waals surface area contributed by atoms with Gasteiger partial charge in [0.2, 0.25) is 0 Å². The molecule has 1 saturated heterocycles. The fourth-order valence-electron chi connectivity index (χ4n) is 4.72. The molecule has 0 unspecified atom stereocenters. The molecule has 7 heteroatoms. The van der Waals surface area contributed by atoms with Crippen LogP contribution in [0.2, 0.25) is 5.02 Å². The summed E-state index contributed by atoms with van der Waals surface area (Å²) in [6.45, 7) is 8.19. The van der Waals surface area contributed by atoms with Crippen LogP contribution in [0.3, 0.4) is 0 Å². The summed E-state index contributed by atoms with van der Waals surface area (Å²) < 4.78 is 8.21. The monoisotopic (exact) mass is 452 g/mol. The summed E-state index contributed by atoms with van der Waals surface area (Å²) in [7, 11) is 0. The molecule has 1 N–H and O–H groups in total. The summed E-state index contributed by atoms with van der Waals surface area (Å²) in [4.78, 5) is 17.8. The lowest BCUT2D eigenvalue weighted by Gasteiger charge is -2.36. The van der Waals surface area contributed by atoms with Crippen LogP contribution in [-0.4, -0.2) is 60.7 Å². The Balaban J connectivity index is 1.17. The minimum Gasteiger partial charge on any atom is -0.486 e. The van der Waals surface area contributed by atoms with Crippen molar-refractivity contribution in [3.63, 3.8) is 0 Å². The zero-order chi connectivity index (χ0) is 22.1. The van der Waals surface area contributed by atoms with E-state index in [0.717, 1.165) is 66.5 Å². The number of nitrogens with one attached hydrogen (secondary N) is 1. The van der Waals surface area contributed by atoms with Crippen LogP contribution in [0.4, 0.5) is 5.69 Å². The van der Waals surface area contributed by atoms with Crippen molar-refractivity contribution in [3.8, 4) is 5.75 Å². The molecule has 0 spiro atoms. The van der Waals surface area contributed by atoms with E-state index in [-0.39, 0.29) is 12.0 Å². The normalized spacial score (nSPS) is 18.6. The van der Waals surface area contributed by atoms with Crippen molar-refractivity contribution < 1.29 is 9.53 Å². The number of benzene rings is 2. The molecule has 1 aromatic heterocycles. The first kappa shape index (κ1) is 21.2. The topological polar surface area (TPSA) is 49.7 Å². The first-order valence-corrected chi connectivity index (χ1v) is 11.8. The number of ether oxygens (including phenoxy) is 1. The second-order valence-electron chi connectivity index (χ2n) is 8.55. The summed E-state index contributed by atoms with van der Waals surface area (Å²) in [6, 6.07) is 16.0. The van der Waals surface area contributed by atoms with E-state index in [1.807, 2.05) is 42.5 Å². The number of aromatic nitrogens is 1. The second kappa shape index (κ2) is 9.04. The zero-order valence-corrected chi connectivity index (χ0v) is 19.1. The lowest BCUT2D eigenvalue weighted by atomic mass is 10.2. The molecular weight excluding hydrogens is 424 g/mol. The number of halogens is 1. The van der Waals surface area contributed by atoms with E-state index in [9.17, 15) is 4.79 Å². The summed E-state index contributed by atoms with van der Waals surface area (Å²) in [5, 5.41) is 4.96. The standard InChI is InChI=1S/C25H29ClN4O2/c1-2-21-17-30-22(15-18-5-3-8-23(32-21)24(18)30)25(31)27-9-10-28-11-13-29(14-12-28)20-7-4-6-19(26)16-20/h3-8,15-16,21H,2,9-14,17H2,1H3,(H,27,31)/t21-/m1/s1. The molecule has 2 aromatic carbocycles. The maximum absolute atomic E-state index is 13.0. The minimum absolute atomic E-state index is 0.0125. The Morgan fingerprint density at radius 1 is 1.12 bits per heavy atom. The average Bonchev–Trinajstić information content (AvgIpc) is 3.19. The lowest BCUT2D eigenvalue weighted by molar-refractivity contribution is 0.0932. The van der Waals surface area contributed by atoms with Gasteiger partial charge in [-0.05, 0) is 36.8 Å². The third-order valence-corrected chi connectivity index (χ3v) is 6.75. The van der Waals surface area contributed by atoms with Crippen molar-refractivity contribution in [1.29, 1.82) is 0 Å². The summed E-state index contributed by atoms with van der Waals surface area (Å²) in [5.74, 6) is 0.860. The van der Waals surface area contributed by atoms with E-state index < -0.39 is 0 Å². The molecule has 6 nitrogen and oxygen atoms in total. The second-order valence-corrected chi connectivity index (χ2v) is 8.98. The zero-order valence-electron chi connectivity index (χ0n) is 18.4. The number of nitrogens with zero attached hydrogens (tertiary/aromatic N) is 3. The third-order valence-electron chi connectivity index (χ3n) is 6.51. The van der Waals surface area contributed by atoms with Crippen LogP contribution in [0.15, 0.2) is 48.5 Å². The highest BCUT2D eigenvalue weighted by Crippen LogP contribution is 2.34. The van der Waals surface area contributed by atoms with Crippen molar-refractivity contribution >= 4 is 34.1 Å². The van der Waals surface area contributed by atoms with E-state index in [1.165, 1.54) is 5.69 Å². The van der Waals surface area contributed by atoms with Gasteiger partial charge < -0.3 is 19.5 Å². The van der Waals surface area contributed by atoms with Gasteiger partial charge in [-0.2, -0.15) is 0 Å². The largest absolute Gasteiger partial charge is 0.486 e. The quantitative estimate of drug-likeness (QED) is 0.613. The van der Waals surface area contributed by atoms with Gasteiger partial charge in [0.05, 0.1) is 12.1 Å². The number of carbonyl (C=O) groups is 1. The summed E-state index contributed by atoms with van der Waals surface area (Å²) in [6.07, 6.45) is 1.01. The fourth-order valence-corrected chi connectivity index (χ4v) is 4.90. The van der Waals surface area contributed by atoms with Gasteiger partial charge in [0.25, 0.3) is 5.91 Å². The number of hydrogen-bond acceptors (Lipinski definition) is 4. The molecule has 2 aliphatic rings. The number of hydrogen-bond donors (Lipinski definition) is 1. The van der Waals surface area contributed by atoms with Gasteiger partial charge in [0.1, 0.15) is 17.5 Å².